The van der Waals surface area contributed by atoms with Crippen LogP contribution in [0.15, 0.2) is 47.4 Å². The number of rotatable bonds is 8. The number of sulfonamides is 1. The van der Waals surface area contributed by atoms with Crippen molar-refractivity contribution in [1.82, 2.24) is 9.62 Å². The number of nitrogens with zero attached hydrogens (tertiary/aromatic N) is 2. The molecule has 33 heavy (non-hydrogen) atoms. The first-order valence-corrected chi connectivity index (χ1v) is 12.4. The molecule has 1 amide bonds. The molecule has 1 aliphatic rings. The van der Waals surface area contributed by atoms with E-state index in [1.54, 1.807) is 7.11 Å². The summed E-state index contributed by atoms with van der Waals surface area (Å²) in [4.78, 5) is 13.0. The molecule has 176 valence electrons. The Bertz CT molecular complexity index is 1120. The summed E-state index contributed by atoms with van der Waals surface area (Å²) in [6.07, 6.45) is 0.890. The van der Waals surface area contributed by atoms with E-state index in [1.165, 1.54) is 28.6 Å². The number of carbonyl (C=O) groups excluding carboxylic acids is 1. The molecule has 1 aliphatic heterocycles. The lowest BCUT2D eigenvalue weighted by Crippen LogP contribution is -2.43. The monoisotopic (exact) mass is 471 g/mol. The van der Waals surface area contributed by atoms with Crippen molar-refractivity contribution >= 4 is 15.9 Å². The molecular weight excluding hydrogens is 442 g/mol. The molecule has 1 atom stereocenters. The molecule has 0 saturated carbocycles. The summed E-state index contributed by atoms with van der Waals surface area (Å²) in [5.41, 5.74) is 1.30. The highest BCUT2D eigenvalue weighted by molar-refractivity contribution is 7.89. The Morgan fingerprint density at radius 1 is 1.18 bits per heavy atom. The van der Waals surface area contributed by atoms with Crippen LogP contribution in [0.5, 0.6) is 11.5 Å². The normalized spacial score (nSPS) is 15.9. The maximum atomic E-state index is 12.9. The molecule has 0 aromatic heterocycles. The van der Waals surface area contributed by atoms with Gasteiger partial charge in [0.05, 0.1) is 36.3 Å². The zero-order valence-corrected chi connectivity index (χ0v) is 19.9. The van der Waals surface area contributed by atoms with Crippen molar-refractivity contribution in [3.63, 3.8) is 0 Å². The second kappa shape index (κ2) is 10.7. The number of benzene rings is 2. The minimum Gasteiger partial charge on any atom is -0.493 e. The number of hydrogen-bond acceptors (Lipinski definition) is 6. The first-order chi connectivity index (χ1) is 15.8. The van der Waals surface area contributed by atoms with Crippen LogP contribution in [0.2, 0.25) is 0 Å². The van der Waals surface area contributed by atoms with Gasteiger partial charge in [0, 0.05) is 19.0 Å². The van der Waals surface area contributed by atoms with Crippen molar-refractivity contribution in [2.75, 3.05) is 26.8 Å². The number of carbonyl (C=O) groups is 1. The molecular formula is C24H29N3O5S. The molecule has 1 saturated heterocycles. The van der Waals surface area contributed by atoms with E-state index < -0.39 is 10.0 Å². The van der Waals surface area contributed by atoms with E-state index in [2.05, 4.69) is 5.32 Å². The average molecular weight is 472 g/mol. The van der Waals surface area contributed by atoms with Crippen molar-refractivity contribution in [2.45, 2.75) is 37.6 Å². The second-order valence-corrected chi connectivity index (χ2v) is 9.83. The molecule has 9 heteroatoms. The molecule has 0 aliphatic carbocycles. The third-order valence-electron chi connectivity index (χ3n) is 5.79. The number of nitrogens with one attached hydrogen (secondary N) is 1. The fraction of sp³-hybridized carbons (Fsp3) is 0.417. The Kier molecular flexibility index (Phi) is 7.95. The van der Waals surface area contributed by atoms with Crippen molar-refractivity contribution in [3.8, 4) is 17.6 Å². The number of nitriles is 1. The minimum atomic E-state index is -3.65. The lowest BCUT2D eigenvalue weighted by Gasteiger charge is -2.31. The summed E-state index contributed by atoms with van der Waals surface area (Å²) in [5, 5.41) is 11.9. The van der Waals surface area contributed by atoms with Crippen LogP contribution >= 0.6 is 0 Å². The highest BCUT2D eigenvalue weighted by Crippen LogP contribution is 2.31. The first-order valence-electron chi connectivity index (χ1n) is 10.9. The number of methoxy groups -OCH3 is 1. The number of hydrogen-bond donors (Lipinski definition) is 1. The van der Waals surface area contributed by atoms with Gasteiger partial charge in [0.1, 0.15) is 0 Å². The van der Waals surface area contributed by atoms with Crippen molar-refractivity contribution in [2.24, 2.45) is 5.92 Å². The van der Waals surface area contributed by atoms with E-state index in [0.717, 1.165) is 5.56 Å². The van der Waals surface area contributed by atoms with Crippen LogP contribution in [-0.4, -0.2) is 45.4 Å². The predicted octanol–water partition coefficient (Wildman–Crippen LogP) is 3.24. The standard InChI is InChI=1S/C24H29N3O5S/c1-4-32-22-10-7-20(15-23(22)31-3)17(2)26-24(28)19-11-13-27(14-12-19)33(29,30)21-8-5-18(16-25)6-9-21/h5-10,15,17,19H,4,11-14H2,1-3H3,(H,26,28). The lowest BCUT2D eigenvalue weighted by atomic mass is 9.96. The van der Waals surface area contributed by atoms with Gasteiger partial charge < -0.3 is 14.8 Å². The van der Waals surface area contributed by atoms with Crippen LogP contribution in [0, 0.1) is 17.2 Å². The predicted molar refractivity (Wildman–Crippen MR) is 123 cm³/mol. The first kappa shape index (κ1) is 24.6. The maximum Gasteiger partial charge on any atom is 0.243 e. The molecule has 1 fully saturated rings. The van der Waals surface area contributed by atoms with Crippen LogP contribution < -0.4 is 14.8 Å². The van der Waals surface area contributed by atoms with Gasteiger partial charge in [-0.15, -0.1) is 0 Å². The minimum absolute atomic E-state index is 0.0919. The second-order valence-electron chi connectivity index (χ2n) is 7.89. The topological polar surface area (TPSA) is 109 Å². The largest absolute Gasteiger partial charge is 0.493 e. The number of amides is 1. The third kappa shape index (κ3) is 5.64. The molecule has 0 spiro atoms. The van der Waals surface area contributed by atoms with Crippen molar-refractivity contribution < 1.29 is 22.7 Å². The number of ether oxygens (including phenoxy) is 2. The maximum absolute atomic E-state index is 12.9. The zero-order valence-electron chi connectivity index (χ0n) is 19.1. The molecule has 1 unspecified atom stereocenters. The van der Waals surface area contributed by atoms with Crippen LogP contribution in [0.1, 0.15) is 43.9 Å². The van der Waals surface area contributed by atoms with E-state index in [9.17, 15) is 13.2 Å². The molecule has 8 nitrogen and oxygen atoms in total. The number of piperidine rings is 1. The van der Waals surface area contributed by atoms with E-state index in [0.29, 0.717) is 36.5 Å². The van der Waals surface area contributed by atoms with Crippen LogP contribution in [0.25, 0.3) is 0 Å². The highest BCUT2D eigenvalue weighted by Gasteiger charge is 2.32. The van der Waals surface area contributed by atoms with Gasteiger partial charge in [-0.2, -0.15) is 9.57 Å². The molecule has 0 bridgehead atoms. The Morgan fingerprint density at radius 3 is 2.42 bits per heavy atom. The van der Waals surface area contributed by atoms with E-state index in [4.69, 9.17) is 14.7 Å². The molecule has 2 aromatic rings. The highest BCUT2D eigenvalue weighted by atomic mass is 32.2. The van der Waals surface area contributed by atoms with E-state index in [1.807, 2.05) is 38.1 Å². The molecule has 0 radical (unpaired) electrons. The van der Waals surface area contributed by atoms with Gasteiger partial charge in [0.25, 0.3) is 0 Å². The van der Waals surface area contributed by atoms with Crippen LogP contribution in [-0.2, 0) is 14.8 Å². The van der Waals surface area contributed by atoms with Gasteiger partial charge in [-0.3, -0.25) is 4.79 Å². The quantitative estimate of drug-likeness (QED) is 0.633. The molecule has 1 N–H and O–H groups in total. The van der Waals surface area contributed by atoms with Gasteiger partial charge >= 0.3 is 0 Å². The Labute approximate surface area is 195 Å². The SMILES string of the molecule is CCOc1ccc(C(C)NC(=O)C2CCN(S(=O)(=O)c3ccc(C#N)cc3)CC2)cc1OC. The average Bonchev–Trinajstić information content (AvgIpc) is 2.84. The molecule has 1 heterocycles. The smallest absolute Gasteiger partial charge is 0.243 e. The summed E-state index contributed by atoms with van der Waals surface area (Å²) >= 11 is 0. The van der Waals surface area contributed by atoms with Gasteiger partial charge in [0.2, 0.25) is 15.9 Å². The fourth-order valence-electron chi connectivity index (χ4n) is 3.85. The summed E-state index contributed by atoms with van der Waals surface area (Å²) in [6, 6.07) is 13.2. The summed E-state index contributed by atoms with van der Waals surface area (Å²) in [7, 11) is -2.08. The van der Waals surface area contributed by atoms with Crippen LogP contribution in [0.3, 0.4) is 0 Å². The van der Waals surface area contributed by atoms with Gasteiger partial charge in [-0.1, -0.05) is 6.07 Å². The zero-order chi connectivity index (χ0) is 24.0. The van der Waals surface area contributed by atoms with Gasteiger partial charge in [-0.25, -0.2) is 8.42 Å². The van der Waals surface area contributed by atoms with Crippen molar-refractivity contribution in [3.05, 3.63) is 53.6 Å². The van der Waals surface area contributed by atoms with Gasteiger partial charge in [-0.05, 0) is 68.7 Å². The Hall–Kier alpha value is -3.09. The summed E-state index contributed by atoms with van der Waals surface area (Å²) in [5.74, 6) is 0.908. The van der Waals surface area contributed by atoms with Gasteiger partial charge in [0.15, 0.2) is 11.5 Å². The van der Waals surface area contributed by atoms with Crippen LogP contribution in [0.4, 0.5) is 0 Å². The summed E-state index contributed by atoms with van der Waals surface area (Å²) in [6.45, 7) is 4.87. The van der Waals surface area contributed by atoms with Crippen molar-refractivity contribution in [1.29, 1.82) is 5.26 Å². The third-order valence-corrected chi connectivity index (χ3v) is 7.71. The van der Waals surface area contributed by atoms with E-state index >= 15 is 0 Å². The Morgan fingerprint density at radius 2 is 1.85 bits per heavy atom. The summed E-state index contributed by atoms with van der Waals surface area (Å²) < 4.78 is 38.1. The van der Waals surface area contributed by atoms with E-state index in [-0.39, 0.29) is 35.9 Å². The lowest BCUT2D eigenvalue weighted by molar-refractivity contribution is -0.126. The fourth-order valence-corrected chi connectivity index (χ4v) is 5.32. The molecule has 3 rings (SSSR count). The Balaban J connectivity index is 1.59. The molecule has 2 aromatic carbocycles.